The van der Waals surface area contributed by atoms with E-state index >= 15 is 0 Å². The van der Waals surface area contributed by atoms with Crippen molar-refractivity contribution in [2.45, 2.75) is 0 Å². The zero-order valence-corrected chi connectivity index (χ0v) is 9.11. The van der Waals surface area contributed by atoms with Crippen molar-refractivity contribution >= 4 is 28.0 Å². The molecule has 4 heteroatoms. The van der Waals surface area contributed by atoms with Gasteiger partial charge in [-0.1, -0.05) is 22.0 Å². The van der Waals surface area contributed by atoms with Crippen LogP contribution < -0.4 is 4.74 Å². The quantitative estimate of drug-likeness (QED) is 0.846. The Morgan fingerprint density at radius 3 is 2.86 bits per heavy atom. The van der Waals surface area contributed by atoms with E-state index in [-0.39, 0.29) is 0 Å². The van der Waals surface area contributed by atoms with Crippen LogP contribution in [0.15, 0.2) is 28.7 Å². The standard InChI is InChI=1S/C10H9BrO3/c1-14-9-6-8(11)4-2-7(9)3-5-10(12)13/h2-6H,1H3,(H,12,13)/b5-3+. The van der Waals surface area contributed by atoms with Crippen LogP contribution in [-0.2, 0) is 4.79 Å². The molecule has 14 heavy (non-hydrogen) atoms. The molecule has 0 saturated carbocycles. The molecule has 3 nitrogen and oxygen atoms in total. The van der Waals surface area contributed by atoms with Gasteiger partial charge in [0.15, 0.2) is 0 Å². The normalized spacial score (nSPS) is 10.4. The van der Waals surface area contributed by atoms with Crippen molar-refractivity contribution in [3.05, 3.63) is 34.3 Å². The number of carboxylic acid groups (broad SMARTS) is 1. The first kappa shape index (κ1) is 10.8. The van der Waals surface area contributed by atoms with Crippen LogP contribution in [0.2, 0.25) is 0 Å². The minimum atomic E-state index is -0.977. The third kappa shape index (κ3) is 2.88. The van der Waals surface area contributed by atoms with Gasteiger partial charge in [-0.2, -0.15) is 0 Å². The molecule has 0 aromatic heterocycles. The van der Waals surface area contributed by atoms with Crippen molar-refractivity contribution in [3.8, 4) is 5.75 Å². The molecule has 0 unspecified atom stereocenters. The van der Waals surface area contributed by atoms with Gasteiger partial charge in [0.1, 0.15) is 5.75 Å². The minimum absolute atomic E-state index is 0.636. The van der Waals surface area contributed by atoms with Gasteiger partial charge in [-0.25, -0.2) is 4.79 Å². The predicted molar refractivity (Wildman–Crippen MR) is 57.4 cm³/mol. The number of halogens is 1. The molecule has 0 saturated heterocycles. The summed E-state index contributed by atoms with van der Waals surface area (Å²) in [4.78, 5) is 10.3. The summed E-state index contributed by atoms with van der Waals surface area (Å²) in [5, 5.41) is 8.46. The van der Waals surface area contributed by atoms with Crippen molar-refractivity contribution < 1.29 is 14.6 Å². The summed E-state index contributed by atoms with van der Waals surface area (Å²) in [6, 6.07) is 5.38. The Morgan fingerprint density at radius 2 is 2.29 bits per heavy atom. The molecule has 1 aromatic carbocycles. The molecule has 0 spiro atoms. The van der Waals surface area contributed by atoms with Crippen molar-refractivity contribution in [3.63, 3.8) is 0 Å². The Labute approximate surface area is 90.1 Å². The Bertz CT molecular complexity index is 372. The van der Waals surface area contributed by atoms with E-state index in [9.17, 15) is 4.79 Å². The maximum Gasteiger partial charge on any atom is 0.328 e. The van der Waals surface area contributed by atoms with Crippen molar-refractivity contribution in [1.82, 2.24) is 0 Å². The first-order chi connectivity index (χ1) is 6.63. The summed E-state index contributed by atoms with van der Waals surface area (Å²) in [7, 11) is 1.54. The molecule has 74 valence electrons. The van der Waals surface area contributed by atoms with Gasteiger partial charge in [0.2, 0.25) is 0 Å². The molecule has 0 heterocycles. The second-order valence-corrected chi connectivity index (χ2v) is 3.47. The summed E-state index contributed by atoms with van der Waals surface area (Å²) in [6.07, 6.45) is 2.57. The van der Waals surface area contributed by atoms with E-state index in [0.717, 1.165) is 16.1 Å². The van der Waals surface area contributed by atoms with Crippen LogP contribution in [0.3, 0.4) is 0 Å². The van der Waals surface area contributed by atoms with E-state index in [1.54, 1.807) is 19.2 Å². The Kier molecular flexibility index (Phi) is 3.71. The zero-order chi connectivity index (χ0) is 10.6. The van der Waals surface area contributed by atoms with E-state index in [1.807, 2.05) is 6.07 Å². The number of hydrogen-bond donors (Lipinski definition) is 1. The fraction of sp³-hybridized carbons (Fsp3) is 0.100. The van der Waals surface area contributed by atoms with Gasteiger partial charge in [0.05, 0.1) is 7.11 Å². The summed E-state index contributed by atoms with van der Waals surface area (Å²) in [6.45, 7) is 0. The maximum absolute atomic E-state index is 10.3. The van der Waals surface area contributed by atoms with Gasteiger partial charge in [0.25, 0.3) is 0 Å². The Hall–Kier alpha value is -1.29. The van der Waals surface area contributed by atoms with E-state index in [4.69, 9.17) is 9.84 Å². The smallest absolute Gasteiger partial charge is 0.328 e. The lowest BCUT2D eigenvalue weighted by Crippen LogP contribution is -1.89. The molecule has 0 aliphatic heterocycles. The lowest BCUT2D eigenvalue weighted by molar-refractivity contribution is -0.131. The van der Waals surface area contributed by atoms with Crippen LogP contribution in [0.4, 0.5) is 0 Å². The van der Waals surface area contributed by atoms with E-state index in [0.29, 0.717) is 5.75 Å². The third-order valence-electron chi connectivity index (χ3n) is 1.60. The van der Waals surface area contributed by atoms with Crippen molar-refractivity contribution in [1.29, 1.82) is 0 Å². The highest BCUT2D eigenvalue weighted by Crippen LogP contribution is 2.24. The van der Waals surface area contributed by atoms with Crippen LogP contribution in [-0.4, -0.2) is 18.2 Å². The highest BCUT2D eigenvalue weighted by Gasteiger charge is 2.00. The monoisotopic (exact) mass is 256 g/mol. The van der Waals surface area contributed by atoms with Gasteiger partial charge >= 0.3 is 5.97 Å². The summed E-state index contributed by atoms with van der Waals surface area (Å²) in [5.74, 6) is -0.341. The summed E-state index contributed by atoms with van der Waals surface area (Å²) in [5.41, 5.74) is 0.734. The molecule has 1 aromatic rings. The van der Waals surface area contributed by atoms with Crippen LogP contribution in [0, 0.1) is 0 Å². The second kappa shape index (κ2) is 4.81. The average molecular weight is 257 g/mol. The van der Waals surface area contributed by atoms with Gasteiger partial charge < -0.3 is 9.84 Å². The topological polar surface area (TPSA) is 46.5 Å². The first-order valence-electron chi connectivity index (χ1n) is 3.88. The molecule has 0 aliphatic carbocycles. The number of carboxylic acids is 1. The molecule has 0 atom stereocenters. The third-order valence-corrected chi connectivity index (χ3v) is 2.09. The van der Waals surface area contributed by atoms with Gasteiger partial charge in [-0.05, 0) is 18.2 Å². The number of ether oxygens (including phenoxy) is 1. The van der Waals surface area contributed by atoms with Gasteiger partial charge in [-0.15, -0.1) is 0 Å². The zero-order valence-electron chi connectivity index (χ0n) is 7.53. The van der Waals surface area contributed by atoms with Crippen molar-refractivity contribution in [2.75, 3.05) is 7.11 Å². The molecular weight excluding hydrogens is 248 g/mol. The molecule has 1 rings (SSSR count). The predicted octanol–water partition coefficient (Wildman–Crippen LogP) is 2.56. The van der Waals surface area contributed by atoms with Gasteiger partial charge in [-0.3, -0.25) is 0 Å². The van der Waals surface area contributed by atoms with E-state index in [1.165, 1.54) is 6.08 Å². The molecule has 0 aliphatic rings. The fourth-order valence-corrected chi connectivity index (χ4v) is 1.32. The lowest BCUT2D eigenvalue weighted by atomic mass is 10.2. The number of rotatable bonds is 3. The SMILES string of the molecule is COc1cc(Br)ccc1/C=C/C(=O)O. The number of benzene rings is 1. The van der Waals surface area contributed by atoms with Crippen LogP contribution in [0.5, 0.6) is 5.75 Å². The molecule has 0 amide bonds. The molecule has 0 radical (unpaired) electrons. The number of methoxy groups -OCH3 is 1. The van der Waals surface area contributed by atoms with Crippen LogP contribution in [0.25, 0.3) is 6.08 Å². The highest BCUT2D eigenvalue weighted by molar-refractivity contribution is 9.10. The van der Waals surface area contributed by atoms with Gasteiger partial charge in [0, 0.05) is 16.1 Å². The fourth-order valence-electron chi connectivity index (χ4n) is 0.984. The number of aliphatic carboxylic acids is 1. The van der Waals surface area contributed by atoms with Crippen LogP contribution >= 0.6 is 15.9 Å². The van der Waals surface area contributed by atoms with E-state index < -0.39 is 5.97 Å². The molecule has 0 fully saturated rings. The molecular formula is C10H9BrO3. The summed E-state index contributed by atoms with van der Waals surface area (Å²) >= 11 is 3.30. The molecule has 0 bridgehead atoms. The largest absolute Gasteiger partial charge is 0.496 e. The number of hydrogen-bond acceptors (Lipinski definition) is 2. The highest BCUT2D eigenvalue weighted by atomic mass is 79.9. The Morgan fingerprint density at radius 1 is 1.57 bits per heavy atom. The summed E-state index contributed by atoms with van der Waals surface area (Å²) < 4.78 is 5.97. The average Bonchev–Trinajstić information content (AvgIpc) is 2.15. The van der Waals surface area contributed by atoms with Crippen LogP contribution in [0.1, 0.15) is 5.56 Å². The second-order valence-electron chi connectivity index (χ2n) is 2.56. The number of carbonyl (C=O) groups is 1. The minimum Gasteiger partial charge on any atom is -0.496 e. The first-order valence-corrected chi connectivity index (χ1v) is 4.67. The lowest BCUT2D eigenvalue weighted by Gasteiger charge is -2.04. The molecule has 1 N–H and O–H groups in total. The maximum atomic E-state index is 10.3. The Balaban J connectivity index is 3.02. The van der Waals surface area contributed by atoms with E-state index in [2.05, 4.69) is 15.9 Å². The van der Waals surface area contributed by atoms with Crippen molar-refractivity contribution in [2.24, 2.45) is 0 Å².